The van der Waals surface area contributed by atoms with Gasteiger partial charge >= 0.3 is 0 Å². The number of fused-ring (bicyclic) bond motifs is 1. The standard InChI is InChI=1S/C20H17N3O2S/c1-12-3-8-17(24)16(9-12)23-19-18-15(10-26-20(18)22-11-21-19)13-4-6-14(25-2)7-5-13/h3-11,24H,1-2H3,(H,21,22,23). The van der Waals surface area contributed by atoms with Gasteiger partial charge in [0.1, 0.15) is 28.5 Å². The summed E-state index contributed by atoms with van der Waals surface area (Å²) in [6.07, 6.45) is 1.53. The van der Waals surface area contributed by atoms with E-state index in [1.807, 2.05) is 43.3 Å². The first-order valence-electron chi connectivity index (χ1n) is 8.09. The SMILES string of the molecule is COc1ccc(-c2csc3ncnc(Nc4cc(C)ccc4O)c23)cc1. The summed E-state index contributed by atoms with van der Waals surface area (Å²) < 4.78 is 5.24. The van der Waals surface area contributed by atoms with Gasteiger partial charge in [0.15, 0.2) is 0 Å². The lowest BCUT2D eigenvalue weighted by Crippen LogP contribution is -1.96. The number of ether oxygens (including phenoxy) is 1. The minimum atomic E-state index is 0.184. The topological polar surface area (TPSA) is 67.3 Å². The van der Waals surface area contributed by atoms with Crippen LogP contribution in [-0.2, 0) is 0 Å². The van der Waals surface area contributed by atoms with Gasteiger partial charge < -0.3 is 15.2 Å². The van der Waals surface area contributed by atoms with Crippen LogP contribution in [0.2, 0.25) is 0 Å². The molecule has 4 rings (SSSR count). The van der Waals surface area contributed by atoms with E-state index in [4.69, 9.17) is 4.74 Å². The Balaban J connectivity index is 1.82. The number of rotatable bonds is 4. The number of methoxy groups -OCH3 is 1. The molecule has 5 nitrogen and oxygen atoms in total. The van der Waals surface area contributed by atoms with Crippen LogP contribution in [0.4, 0.5) is 11.5 Å². The molecule has 0 saturated heterocycles. The minimum Gasteiger partial charge on any atom is -0.506 e. The second-order valence-corrected chi connectivity index (χ2v) is 6.78. The Kier molecular flexibility index (Phi) is 4.18. The molecule has 26 heavy (non-hydrogen) atoms. The molecule has 0 unspecified atom stereocenters. The average molecular weight is 363 g/mol. The summed E-state index contributed by atoms with van der Waals surface area (Å²) in [7, 11) is 1.65. The van der Waals surface area contributed by atoms with Crippen molar-refractivity contribution in [1.82, 2.24) is 9.97 Å². The van der Waals surface area contributed by atoms with E-state index in [0.29, 0.717) is 11.5 Å². The van der Waals surface area contributed by atoms with Gasteiger partial charge in [-0.15, -0.1) is 11.3 Å². The first-order valence-corrected chi connectivity index (χ1v) is 8.97. The average Bonchev–Trinajstić information content (AvgIpc) is 3.10. The van der Waals surface area contributed by atoms with Crippen LogP contribution in [0.5, 0.6) is 11.5 Å². The molecule has 0 bridgehead atoms. The van der Waals surface area contributed by atoms with Gasteiger partial charge in [0.2, 0.25) is 0 Å². The van der Waals surface area contributed by atoms with E-state index in [2.05, 4.69) is 20.7 Å². The monoisotopic (exact) mass is 363 g/mol. The molecule has 4 aromatic rings. The molecule has 2 aromatic heterocycles. The molecule has 130 valence electrons. The number of nitrogens with one attached hydrogen (secondary N) is 1. The number of aromatic nitrogens is 2. The third-order valence-corrected chi connectivity index (χ3v) is 5.06. The summed E-state index contributed by atoms with van der Waals surface area (Å²) in [5.74, 6) is 1.67. The summed E-state index contributed by atoms with van der Waals surface area (Å²) in [4.78, 5) is 9.69. The largest absolute Gasteiger partial charge is 0.506 e. The van der Waals surface area contributed by atoms with Crippen molar-refractivity contribution in [2.75, 3.05) is 12.4 Å². The maximum absolute atomic E-state index is 10.1. The maximum atomic E-state index is 10.1. The molecule has 0 atom stereocenters. The zero-order valence-electron chi connectivity index (χ0n) is 14.4. The molecule has 0 aliphatic heterocycles. The van der Waals surface area contributed by atoms with Crippen LogP contribution in [0.15, 0.2) is 54.2 Å². The third kappa shape index (κ3) is 2.95. The molecule has 0 amide bonds. The van der Waals surface area contributed by atoms with Gasteiger partial charge in [-0.2, -0.15) is 0 Å². The van der Waals surface area contributed by atoms with Gasteiger partial charge in [-0.1, -0.05) is 18.2 Å². The van der Waals surface area contributed by atoms with Gasteiger partial charge in [0, 0.05) is 10.9 Å². The summed E-state index contributed by atoms with van der Waals surface area (Å²) >= 11 is 1.57. The smallest absolute Gasteiger partial charge is 0.143 e. The predicted molar refractivity (Wildman–Crippen MR) is 106 cm³/mol. The van der Waals surface area contributed by atoms with E-state index in [9.17, 15) is 5.11 Å². The fraction of sp³-hybridized carbons (Fsp3) is 0.100. The second-order valence-electron chi connectivity index (χ2n) is 5.93. The number of phenolic OH excluding ortho intramolecular Hbond substituents is 1. The van der Waals surface area contributed by atoms with E-state index >= 15 is 0 Å². The van der Waals surface area contributed by atoms with Crippen molar-refractivity contribution in [3.05, 3.63) is 59.7 Å². The highest BCUT2D eigenvalue weighted by atomic mass is 32.1. The summed E-state index contributed by atoms with van der Waals surface area (Å²) in [6.45, 7) is 1.98. The van der Waals surface area contributed by atoms with Crippen molar-refractivity contribution in [3.8, 4) is 22.6 Å². The van der Waals surface area contributed by atoms with Crippen molar-refractivity contribution < 1.29 is 9.84 Å². The van der Waals surface area contributed by atoms with Crippen LogP contribution in [0, 0.1) is 6.92 Å². The Morgan fingerprint density at radius 2 is 1.88 bits per heavy atom. The Morgan fingerprint density at radius 3 is 2.65 bits per heavy atom. The maximum Gasteiger partial charge on any atom is 0.143 e. The van der Waals surface area contributed by atoms with Crippen LogP contribution in [0.1, 0.15) is 5.56 Å². The number of thiophene rings is 1. The summed E-state index contributed by atoms with van der Waals surface area (Å²) in [5.41, 5.74) is 3.78. The molecule has 6 heteroatoms. The van der Waals surface area contributed by atoms with Gasteiger partial charge in [-0.3, -0.25) is 0 Å². The lowest BCUT2D eigenvalue weighted by molar-refractivity contribution is 0.415. The highest BCUT2D eigenvalue weighted by Crippen LogP contribution is 2.39. The highest BCUT2D eigenvalue weighted by molar-refractivity contribution is 7.17. The van der Waals surface area contributed by atoms with Gasteiger partial charge in [-0.25, -0.2) is 9.97 Å². The van der Waals surface area contributed by atoms with Gasteiger partial charge in [0.05, 0.1) is 18.2 Å². The normalized spacial score (nSPS) is 10.8. The lowest BCUT2D eigenvalue weighted by Gasteiger charge is -2.11. The Labute approximate surface area is 154 Å². The van der Waals surface area contributed by atoms with Crippen LogP contribution >= 0.6 is 11.3 Å². The van der Waals surface area contributed by atoms with Crippen LogP contribution < -0.4 is 10.1 Å². The third-order valence-electron chi connectivity index (χ3n) is 4.18. The number of phenols is 1. The fourth-order valence-electron chi connectivity index (χ4n) is 2.83. The van der Waals surface area contributed by atoms with E-state index in [-0.39, 0.29) is 5.75 Å². The molecule has 0 fully saturated rings. The molecule has 2 N–H and O–H groups in total. The number of hydrogen-bond donors (Lipinski definition) is 2. The molecule has 0 radical (unpaired) electrons. The Hall–Kier alpha value is -3.12. The van der Waals surface area contributed by atoms with E-state index in [1.165, 1.54) is 6.33 Å². The molecular formula is C20H17N3O2S. The zero-order valence-corrected chi connectivity index (χ0v) is 15.2. The van der Waals surface area contributed by atoms with E-state index < -0.39 is 0 Å². The Bertz CT molecular complexity index is 1070. The van der Waals surface area contributed by atoms with Crippen molar-refractivity contribution in [2.24, 2.45) is 0 Å². The number of aromatic hydroxyl groups is 1. The first-order chi connectivity index (χ1) is 12.7. The quantitative estimate of drug-likeness (QED) is 0.492. The van der Waals surface area contributed by atoms with Crippen LogP contribution in [0.25, 0.3) is 21.3 Å². The fourth-order valence-corrected chi connectivity index (χ4v) is 3.75. The Morgan fingerprint density at radius 1 is 1.08 bits per heavy atom. The molecule has 0 aliphatic rings. The van der Waals surface area contributed by atoms with Gasteiger partial charge in [-0.05, 0) is 42.3 Å². The van der Waals surface area contributed by atoms with Crippen molar-refractivity contribution in [3.63, 3.8) is 0 Å². The van der Waals surface area contributed by atoms with E-state index in [0.717, 1.165) is 32.7 Å². The second kappa shape index (κ2) is 6.65. The predicted octanol–water partition coefficient (Wildman–Crippen LogP) is 5.12. The molecule has 2 heterocycles. The molecule has 2 aromatic carbocycles. The lowest BCUT2D eigenvalue weighted by atomic mass is 10.1. The van der Waals surface area contributed by atoms with Crippen LogP contribution in [-0.4, -0.2) is 22.2 Å². The number of anilines is 2. The minimum absolute atomic E-state index is 0.184. The molecule has 0 saturated carbocycles. The number of nitrogens with zero attached hydrogens (tertiary/aromatic N) is 2. The summed E-state index contributed by atoms with van der Waals surface area (Å²) in [5, 5.41) is 16.4. The van der Waals surface area contributed by atoms with Crippen molar-refractivity contribution >= 4 is 33.1 Å². The molecular weight excluding hydrogens is 346 g/mol. The van der Waals surface area contributed by atoms with Crippen molar-refractivity contribution in [2.45, 2.75) is 6.92 Å². The zero-order chi connectivity index (χ0) is 18.1. The van der Waals surface area contributed by atoms with E-state index in [1.54, 1.807) is 24.5 Å². The molecule has 0 aliphatic carbocycles. The van der Waals surface area contributed by atoms with Gasteiger partial charge in [0.25, 0.3) is 0 Å². The number of hydrogen-bond acceptors (Lipinski definition) is 6. The number of aryl methyl sites for hydroxylation is 1. The highest BCUT2D eigenvalue weighted by Gasteiger charge is 2.14. The summed E-state index contributed by atoms with van der Waals surface area (Å²) in [6, 6.07) is 13.3. The number of benzene rings is 2. The first kappa shape index (κ1) is 16.4. The molecule has 0 spiro atoms. The van der Waals surface area contributed by atoms with Crippen LogP contribution in [0.3, 0.4) is 0 Å². The van der Waals surface area contributed by atoms with Crippen molar-refractivity contribution in [1.29, 1.82) is 0 Å².